The van der Waals surface area contributed by atoms with Crippen molar-refractivity contribution >= 4 is 5.97 Å². The van der Waals surface area contributed by atoms with Crippen LogP contribution in [0.15, 0.2) is 30.5 Å². The van der Waals surface area contributed by atoms with Gasteiger partial charge in [0.15, 0.2) is 0 Å². The van der Waals surface area contributed by atoms with Crippen LogP contribution in [0.5, 0.6) is 0 Å². The molecular formula is C19H25N3O3. The van der Waals surface area contributed by atoms with Crippen LogP contribution in [0, 0.1) is 0 Å². The summed E-state index contributed by atoms with van der Waals surface area (Å²) in [4.78, 5) is 11.5. The van der Waals surface area contributed by atoms with Crippen molar-refractivity contribution in [2.24, 2.45) is 0 Å². The van der Waals surface area contributed by atoms with Gasteiger partial charge >= 0.3 is 5.97 Å². The van der Waals surface area contributed by atoms with E-state index in [0.717, 1.165) is 36.3 Å². The van der Waals surface area contributed by atoms with Gasteiger partial charge in [0.05, 0.1) is 31.9 Å². The number of benzene rings is 1. The van der Waals surface area contributed by atoms with Gasteiger partial charge in [-0.15, -0.1) is 5.10 Å². The molecule has 1 aromatic carbocycles. The van der Waals surface area contributed by atoms with E-state index < -0.39 is 0 Å². The molecule has 2 aromatic rings. The number of carbonyl (C=O) groups excluding carboxylic acids is 1. The number of rotatable bonds is 6. The van der Waals surface area contributed by atoms with Crippen molar-refractivity contribution in [3.05, 3.63) is 36.0 Å². The molecule has 25 heavy (non-hydrogen) atoms. The van der Waals surface area contributed by atoms with Crippen molar-refractivity contribution in [2.45, 2.75) is 51.2 Å². The van der Waals surface area contributed by atoms with Crippen molar-refractivity contribution in [1.82, 2.24) is 15.0 Å². The van der Waals surface area contributed by atoms with Crippen molar-refractivity contribution in [1.29, 1.82) is 0 Å². The van der Waals surface area contributed by atoms with Gasteiger partial charge in [-0.2, -0.15) is 0 Å². The molecular weight excluding hydrogens is 318 g/mol. The van der Waals surface area contributed by atoms with E-state index in [4.69, 9.17) is 9.47 Å². The molecule has 1 aromatic heterocycles. The molecule has 0 radical (unpaired) electrons. The van der Waals surface area contributed by atoms with Crippen LogP contribution in [0.2, 0.25) is 0 Å². The fraction of sp³-hybridized carbons (Fsp3) is 0.526. The van der Waals surface area contributed by atoms with E-state index in [1.54, 1.807) is 0 Å². The molecule has 0 N–H and O–H groups in total. The Morgan fingerprint density at radius 1 is 1.32 bits per heavy atom. The van der Waals surface area contributed by atoms with Crippen molar-refractivity contribution in [3.8, 4) is 11.3 Å². The number of aromatic nitrogens is 3. The first kappa shape index (κ1) is 17.6. The van der Waals surface area contributed by atoms with Gasteiger partial charge in [0.1, 0.15) is 5.69 Å². The third-order valence-corrected chi connectivity index (χ3v) is 4.70. The highest BCUT2D eigenvalue weighted by Gasteiger charge is 2.28. The number of esters is 1. The monoisotopic (exact) mass is 343 g/mol. The summed E-state index contributed by atoms with van der Waals surface area (Å²) in [6.45, 7) is 2.75. The van der Waals surface area contributed by atoms with Crippen LogP contribution in [0.25, 0.3) is 11.3 Å². The maximum absolute atomic E-state index is 11.5. The average Bonchev–Trinajstić information content (AvgIpc) is 3.12. The summed E-state index contributed by atoms with van der Waals surface area (Å²) in [6, 6.07) is 8.03. The normalized spacial score (nSPS) is 20.4. The molecule has 0 amide bonds. The first-order valence-electron chi connectivity index (χ1n) is 8.90. The summed E-state index contributed by atoms with van der Waals surface area (Å²) in [6.07, 6.45) is 6.99. The van der Waals surface area contributed by atoms with Crippen LogP contribution in [-0.4, -0.2) is 40.8 Å². The third-order valence-electron chi connectivity index (χ3n) is 4.70. The van der Waals surface area contributed by atoms with E-state index in [0.29, 0.717) is 0 Å². The molecule has 0 unspecified atom stereocenters. The molecule has 1 heterocycles. The smallest absolute Gasteiger partial charge is 0.309 e. The quantitative estimate of drug-likeness (QED) is 0.754. The van der Waals surface area contributed by atoms with Gasteiger partial charge < -0.3 is 9.47 Å². The summed E-state index contributed by atoms with van der Waals surface area (Å²) < 4.78 is 12.6. The predicted octanol–water partition coefficient (Wildman–Crippen LogP) is 3.18. The first-order chi connectivity index (χ1) is 12.2. The lowest BCUT2D eigenvalue weighted by Gasteiger charge is -2.30. The minimum atomic E-state index is -0.248. The van der Waals surface area contributed by atoms with E-state index in [2.05, 4.69) is 10.3 Å². The summed E-state index contributed by atoms with van der Waals surface area (Å²) in [5, 5.41) is 8.69. The SMILES string of the molecule is CCO[C@@H]1CCCC[C@H]1n1cc(-c2cccc(CC(=O)OC)c2)nn1. The van der Waals surface area contributed by atoms with Gasteiger partial charge in [-0.1, -0.05) is 36.3 Å². The second kappa shape index (κ2) is 8.25. The fourth-order valence-electron chi connectivity index (χ4n) is 3.44. The summed E-state index contributed by atoms with van der Waals surface area (Å²) in [5.41, 5.74) is 2.67. The number of hydrogen-bond acceptors (Lipinski definition) is 5. The van der Waals surface area contributed by atoms with E-state index in [1.807, 2.05) is 42.1 Å². The Morgan fingerprint density at radius 2 is 2.16 bits per heavy atom. The summed E-state index contributed by atoms with van der Waals surface area (Å²) in [7, 11) is 1.40. The Morgan fingerprint density at radius 3 is 2.96 bits per heavy atom. The highest BCUT2D eigenvalue weighted by Crippen LogP contribution is 2.31. The van der Waals surface area contributed by atoms with E-state index >= 15 is 0 Å². The zero-order valence-electron chi connectivity index (χ0n) is 14.9. The predicted molar refractivity (Wildman–Crippen MR) is 94.1 cm³/mol. The highest BCUT2D eigenvalue weighted by atomic mass is 16.5. The Kier molecular flexibility index (Phi) is 5.81. The molecule has 134 valence electrons. The lowest BCUT2D eigenvalue weighted by atomic mass is 9.92. The molecule has 1 fully saturated rings. The van der Waals surface area contributed by atoms with Crippen molar-refractivity contribution in [3.63, 3.8) is 0 Å². The Bertz CT molecular complexity index is 711. The van der Waals surface area contributed by atoms with E-state index in [1.165, 1.54) is 20.0 Å². The molecule has 0 bridgehead atoms. The fourth-order valence-corrected chi connectivity index (χ4v) is 3.44. The lowest BCUT2D eigenvalue weighted by Crippen LogP contribution is -2.30. The van der Waals surface area contributed by atoms with E-state index in [-0.39, 0.29) is 24.5 Å². The molecule has 2 atom stereocenters. The number of nitrogens with zero attached hydrogens (tertiary/aromatic N) is 3. The number of ether oxygens (including phenoxy) is 2. The zero-order valence-corrected chi connectivity index (χ0v) is 14.9. The Hall–Kier alpha value is -2.21. The minimum Gasteiger partial charge on any atom is -0.469 e. The minimum absolute atomic E-state index is 0.207. The molecule has 6 heteroatoms. The number of carbonyl (C=O) groups is 1. The van der Waals surface area contributed by atoms with Crippen molar-refractivity contribution < 1.29 is 14.3 Å². The molecule has 0 aliphatic heterocycles. The van der Waals surface area contributed by atoms with Gasteiger partial charge in [0, 0.05) is 12.2 Å². The maximum Gasteiger partial charge on any atom is 0.309 e. The van der Waals surface area contributed by atoms with Gasteiger partial charge in [-0.3, -0.25) is 4.79 Å². The highest BCUT2D eigenvalue weighted by molar-refractivity contribution is 5.73. The summed E-state index contributed by atoms with van der Waals surface area (Å²) >= 11 is 0. The van der Waals surface area contributed by atoms with Crippen molar-refractivity contribution in [2.75, 3.05) is 13.7 Å². The van der Waals surface area contributed by atoms with Gasteiger partial charge in [0.2, 0.25) is 0 Å². The molecule has 0 spiro atoms. The molecule has 1 saturated carbocycles. The lowest BCUT2D eigenvalue weighted by molar-refractivity contribution is -0.139. The van der Waals surface area contributed by atoms with Crippen LogP contribution in [0.4, 0.5) is 0 Å². The topological polar surface area (TPSA) is 66.2 Å². The molecule has 1 aliphatic rings. The maximum atomic E-state index is 11.5. The molecule has 6 nitrogen and oxygen atoms in total. The summed E-state index contributed by atoms with van der Waals surface area (Å²) in [5.74, 6) is -0.248. The third kappa shape index (κ3) is 4.25. The second-order valence-corrected chi connectivity index (χ2v) is 6.38. The van der Waals surface area contributed by atoms with Crippen LogP contribution < -0.4 is 0 Å². The van der Waals surface area contributed by atoms with Crippen LogP contribution in [0.3, 0.4) is 0 Å². The molecule has 3 rings (SSSR count). The van der Waals surface area contributed by atoms with E-state index in [9.17, 15) is 4.79 Å². The Labute approximate surface area is 148 Å². The largest absolute Gasteiger partial charge is 0.469 e. The standard InChI is InChI=1S/C19H25N3O3/c1-3-25-18-10-5-4-9-17(18)22-13-16(20-21-22)15-8-6-7-14(11-15)12-19(23)24-2/h6-8,11,13,17-18H,3-5,9-10,12H2,1-2H3/t17-,18-/m1/s1. The zero-order chi connectivity index (χ0) is 17.6. The first-order valence-corrected chi connectivity index (χ1v) is 8.90. The van der Waals surface area contributed by atoms with Gasteiger partial charge in [-0.25, -0.2) is 4.68 Å². The number of hydrogen-bond donors (Lipinski definition) is 0. The Balaban J connectivity index is 1.79. The molecule has 0 saturated heterocycles. The molecule has 1 aliphatic carbocycles. The van der Waals surface area contributed by atoms with Crippen LogP contribution in [-0.2, 0) is 20.7 Å². The number of methoxy groups -OCH3 is 1. The van der Waals surface area contributed by atoms with Gasteiger partial charge in [0.25, 0.3) is 0 Å². The average molecular weight is 343 g/mol. The van der Waals surface area contributed by atoms with Gasteiger partial charge in [-0.05, 0) is 31.4 Å². The van der Waals surface area contributed by atoms with Crippen LogP contribution >= 0.6 is 0 Å². The van der Waals surface area contributed by atoms with Crippen LogP contribution in [0.1, 0.15) is 44.2 Å². The second-order valence-electron chi connectivity index (χ2n) is 6.38.